The molecule has 0 N–H and O–H groups in total. The molecule has 0 aromatic heterocycles. The minimum absolute atomic E-state index is 0.116. The number of ether oxygens (including phenoxy) is 1. The summed E-state index contributed by atoms with van der Waals surface area (Å²) in [6.07, 6.45) is 1.43. The Hall–Kier alpha value is -0.370. The molecular weight excluding hydrogens is 152 g/mol. The van der Waals surface area contributed by atoms with E-state index in [0.717, 1.165) is 6.42 Å². The number of carbonyl (C=O) groups excluding carboxylic acids is 1. The number of hydrogen-bond donors (Lipinski definition) is 0. The van der Waals surface area contributed by atoms with Crippen LogP contribution >= 0.6 is 0 Å². The van der Waals surface area contributed by atoms with Gasteiger partial charge in [0.15, 0.2) is 0 Å². The van der Waals surface area contributed by atoms with Gasteiger partial charge in [0, 0.05) is 19.4 Å². The Bertz CT molecular complexity index is 150. The fourth-order valence-electron chi connectivity index (χ4n) is 1.28. The molecule has 0 saturated heterocycles. The van der Waals surface area contributed by atoms with Crippen LogP contribution in [0.4, 0.5) is 0 Å². The van der Waals surface area contributed by atoms with Gasteiger partial charge in [-0.1, -0.05) is 13.8 Å². The van der Waals surface area contributed by atoms with Gasteiger partial charge in [-0.15, -0.1) is 0 Å². The molecule has 0 rings (SSSR count). The summed E-state index contributed by atoms with van der Waals surface area (Å²) in [6, 6.07) is 0. The third kappa shape index (κ3) is 3.86. The van der Waals surface area contributed by atoms with Gasteiger partial charge in [0.1, 0.15) is 5.78 Å². The smallest absolute Gasteiger partial charge is 0.135 e. The fraction of sp³-hybridized carbons (Fsp3) is 0.900. The number of hydrogen-bond acceptors (Lipinski definition) is 2. The molecule has 1 atom stereocenters. The molecule has 0 radical (unpaired) electrons. The van der Waals surface area contributed by atoms with Crippen LogP contribution in [0, 0.1) is 5.92 Å². The van der Waals surface area contributed by atoms with Crippen LogP contribution in [0.3, 0.4) is 0 Å². The lowest BCUT2D eigenvalue weighted by Crippen LogP contribution is -2.28. The van der Waals surface area contributed by atoms with Crippen molar-refractivity contribution < 1.29 is 9.53 Å². The first-order chi connectivity index (χ1) is 5.43. The third-order valence-corrected chi connectivity index (χ3v) is 2.25. The molecule has 2 nitrogen and oxygen atoms in total. The normalized spacial score (nSPS) is 14.4. The van der Waals surface area contributed by atoms with Crippen LogP contribution < -0.4 is 0 Å². The van der Waals surface area contributed by atoms with Crippen LogP contribution in [0.5, 0.6) is 0 Å². The van der Waals surface area contributed by atoms with E-state index in [-0.39, 0.29) is 11.5 Å². The van der Waals surface area contributed by atoms with Crippen LogP contribution in [0.15, 0.2) is 0 Å². The number of carbonyl (C=O) groups is 1. The lowest BCUT2D eigenvalue weighted by atomic mass is 9.91. The van der Waals surface area contributed by atoms with E-state index >= 15 is 0 Å². The topological polar surface area (TPSA) is 26.3 Å². The summed E-state index contributed by atoms with van der Waals surface area (Å²) in [6.45, 7) is 7.88. The van der Waals surface area contributed by atoms with E-state index in [4.69, 9.17) is 4.74 Å². The summed E-state index contributed by atoms with van der Waals surface area (Å²) in [5, 5.41) is 0. The van der Waals surface area contributed by atoms with Gasteiger partial charge in [-0.2, -0.15) is 0 Å². The standard InChI is InChI=1S/C10H20O2/c1-6-9(11)8(2)7-10(3,4)12-5/h8H,6-7H2,1-5H3. The number of Topliss-reactive ketones (excluding diaryl/α,β-unsaturated/α-hetero) is 1. The number of ketones is 1. The van der Waals surface area contributed by atoms with Crippen LogP contribution in [-0.2, 0) is 9.53 Å². The van der Waals surface area contributed by atoms with Crippen LogP contribution in [-0.4, -0.2) is 18.5 Å². The molecule has 0 saturated carbocycles. The molecule has 0 aliphatic heterocycles. The number of rotatable bonds is 5. The quantitative estimate of drug-likeness (QED) is 0.636. The van der Waals surface area contributed by atoms with E-state index in [1.165, 1.54) is 0 Å². The third-order valence-electron chi connectivity index (χ3n) is 2.25. The average molecular weight is 172 g/mol. The first kappa shape index (κ1) is 11.6. The molecular formula is C10H20O2. The molecule has 0 aliphatic carbocycles. The fourth-order valence-corrected chi connectivity index (χ4v) is 1.28. The van der Waals surface area contributed by atoms with Crippen LogP contribution in [0.2, 0.25) is 0 Å². The van der Waals surface area contributed by atoms with Gasteiger partial charge in [-0.05, 0) is 20.3 Å². The van der Waals surface area contributed by atoms with E-state index in [9.17, 15) is 4.79 Å². The molecule has 0 aromatic carbocycles. The molecule has 0 fully saturated rings. The zero-order valence-corrected chi connectivity index (χ0v) is 8.81. The zero-order chi connectivity index (χ0) is 9.78. The zero-order valence-electron chi connectivity index (χ0n) is 8.81. The second-order valence-electron chi connectivity index (χ2n) is 3.89. The lowest BCUT2D eigenvalue weighted by molar-refractivity contribution is -0.124. The highest BCUT2D eigenvalue weighted by atomic mass is 16.5. The van der Waals surface area contributed by atoms with E-state index in [1.54, 1.807) is 7.11 Å². The van der Waals surface area contributed by atoms with E-state index < -0.39 is 0 Å². The summed E-state index contributed by atoms with van der Waals surface area (Å²) in [7, 11) is 1.68. The second-order valence-corrected chi connectivity index (χ2v) is 3.89. The van der Waals surface area contributed by atoms with Gasteiger partial charge >= 0.3 is 0 Å². The van der Waals surface area contributed by atoms with Gasteiger partial charge in [0.25, 0.3) is 0 Å². The van der Waals surface area contributed by atoms with Crippen molar-refractivity contribution in [3.8, 4) is 0 Å². The monoisotopic (exact) mass is 172 g/mol. The van der Waals surface area contributed by atoms with Gasteiger partial charge < -0.3 is 4.74 Å². The van der Waals surface area contributed by atoms with E-state index in [1.807, 2.05) is 27.7 Å². The van der Waals surface area contributed by atoms with E-state index in [2.05, 4.69) is 0 Å². The molecule has 0 amide bonds. The maximum Gasteiger partial charge on any atom is 0.135 e. The first-order valence-electron chi connectivity index (χ1n) is 4.50. The van der Waals surface area contributed by atoms with Crippen molar-refractivity contribution in [3.05, 3.63) is 0 Å². The Kier molecular flexibility index (Phi) is 4.46. The Balaban J connectivity index is 3.99. The average Bonchev–Trinajstić information content (AvgIpc) is 2.02. The van der Waals surface area contributed by atoms with Crippen molar-refractivity contribution >= 4 is 5.78 Å². The van der Waals surface area contributed by atoms with Crippen molar-refractivity contribution in [2.45, 2.75) is 46.1 Å². The Labute approximate surface area is 75.3 Å². The molecule has 0 spiro atoms. The summed E-state index contributed by atoms with van der Waals surface area (Å²) >= 11 is 0. The summed E-state index contributed by atoms with van der Waals surface area (Å²) in [4.78, 5) is 11.2. The predicted octanol–water partition coefficient (Wildman–Crippen LogP) is 2.42. The van der Waals surface area contributed by atoms with Crippen molar-refractivity contribution in [1.29, 1.82) is 0 Å². The van der Waals surface area contributed by atoms with Crippen LogP contribution in [0.1, 0.15) is 40.5 Å². The number of methoxy groups -OCH3 is 1. The summed E-state index contributed by atoms with van der Waals surface area (Å²) in [5.74, 6) is 0.435. The van der Waals surface area contributed by atoms with Crippen molar-refractivity contribution in [2.75, 3.05) is 7.11 Å². The predicted molar refractivity (Wildman–Crippen MR) is 50.2 cm³/mol. The van der Waals surface area contributed by atoms with Crippen molar-refractivity contribution in [3.63, 3.8) is 0 Å². The van der Waals surface area contributed by atoms with Crippen molar-refractivity contribution in [2.24, 2.45) is 5.92 Å². The molecule has 0 aromatic rings. The SMILES string of the molecule is CCC(=O)C(C)CC(C)(C)OC. The Morgan fingerprint density at radius 2 is 2.00 bits per heavy atom. The Morgan fingerprint density at radius 3 is 2.33 bits per heavy atom. The Morgan fingerprint density at radius 1 is 1.50 bits per heavy atom. The molecule has 2 heteroatoms. The maximum atomic E-state index is 11.2. The highest BCUT2D eigenvalue weighted by Gasteiger charge is 2.23. The molecule has 0 heterocycles. The molecule has 0 bridgehead atoms. The first-order valence-corrected chi connectivity index (χ1v) is 4.50. The molecule has 72 valence electrons. The van der Waals surface area contributed by atoms with Crippen molar-refractivity contribution in [1.82, 2.24) is 0 Å². The highest BCUT2D eigenvalue weighted by Crippen LogP contribution is 2.20. The molecule has 12 heavy (non-hydrogen) atoms. The minimum Gasteiger partial charge on any atom is -0.379 e. The lowest BCUT2D eigenvalue weighted by Gasteiger charge is -2.25. The highest BCUT2D eigenvalue weighted by molar-refractivity contribution is 5.80. The molecule has 0 aliphatic rings. The van der Waals surface area contributed by atoms with Gasteiger partial charge in [-0.25, -0.2) is 0 Å². The summed E-state index contributed by atoms with van der Waals surface area (Å²) < 4.78 is 5.25. The van der Waals surface area contributed by atoms with Crippen LogP contribution in [0.25, 0.3) is 0 Å². The summed E-state index contributed by atoms with van der Waals surface area (Å²) in [5.41, 5.74) is -0.176. The van der Waals surface area contributed by atoms with Gasteiger partial charge in [0.05, 0.1) is 5.60 Å². The van der Waals surface area contributed by atoms with Gasteiger partial charge in [-0.3, -0.25) is 4.79 Å². The second kappa shape index (κ2) is 4.61. The minimum atomic E-state index is -0.176. The van der Waals surface area contributed by atoms with E-state index in [0.29, 0.717) is 12.2 Å². The molecule has 1 unspecified atom stereocenters. The maximum absolute atomic E-state index is 11.2. The van der Waals surface area contributed by atoms with Gasteiger partial charge in [0.2, 0.25) is 0 Å². The largest absolute Gasteiger partial charge is 0.379 e.